The van der Waals surface area contributed by atoms with Crippen molar-refractivity contribution in [2.24, 2.45) is 0 Å². The highest BCUT2D eigenvalue weighted by atomic mass is 79.9. The maximum absolute atomic E-state index is 5.94. The quantitative estimate of drug-likeness (QED) is 0.278. The average molecular weight is 370 g/mol. The SMILES string of the molecule is C=C/C=C(Br)\C(=C/C=C)OC/C1=C/CN(P)CCCCC1. The van der Waals surface area contributed by atoms with Crippen molar-refractivity contribution in [2.75, 3.05) is 19.7 Å². The molecule has 0 fully saturated rings. The second-order valence-corrected chi connectivity index (χ2v) is 6.56. The average Bonchev–Trinajstić information content (AvgIpc) is 2.56. The Kier molecular flexibility index (Phi) is 9.65. The summed E-state index contributed by atoms with van der Waals surface area (Å²) in [6.07, 6.45) is 14.4. The summed E-state index contributed by atoms with van der Waals surface area (Å²) in [5.41, 5.74) is 1.36. The van der Waals surface area contributed by atoms with E-state index in [-0.39, 0.29) is 0 Å². The fourth-order valence-electron chi connectivity index (χ4n) is 2.07. The van der Waals surface area contributed by atoms with Crippen LogP contribution in [0.2, 0.25) is 0 Å². The standard InChI is InChI=1S/C17H25BrNOP/c1-3-8-16(18)17(9-4-2)20-14-15-10-6-5-7-12-19(21)13-11-15/h3-4,8-9,11H,1-2,5-7,10,12-14,21H2/b15-11+,16-8+,17-9+. The maximum atomic E-state index is 5.94. The van der Waals surface area contributed by atoms with Gasteiger partial charge in [0.15, 0.2) is 0 Å². The molecule has 0 aromatic carbocycles. The van der Waals surface area contributed by atoms with Crippen LogP contribution in [0.1, 0.15) is 25.7 Å². The molecule has 4 heteroatoms. The van der Waals surface area contributed by atoms with Gasteiger partial charge in [0, 0.05) is 13.1 Å². The number of halogens is 1. The molecule has 0 N–H and O–H groups in total. The largest absolute Gasteiger partial charge is 0.488 e. The molecule has 2 nitrogen and oxygen atoms in total. The van der Waals surface area contributed by atoms with Crippen molar-refractivity contribution in [3.8, 4) is 0 Å². The van der Waals surface area contributed by atoms with Crippen molar-refractivity contribution in [3.63, 3.8) is 0 Å². The lowest BCUT2D eigenvalue weighted by atomic mass is 10.1. The van der Waals surface area contributed by atoms with Crippen LogP contribution in [0.5, 0.6) is 0 Å². The lowest BCUT2D eigenvalue weighted by molar-refractivity contribution is 0.248. The zero-order chi connectivity index (χ0) is 15.5. The molecule has 1 heterocycles. The highest BCUT2D eigenvalue weighted by Gasteiger charge is 2.07. The van der Waals surface area contributed by atoms with E-state index in [1.165, 1.54) is 24.8 Å². The Balaban J connectivity index is 2.66. The summed E-state index contributed by atoms with van der Waals surface area (Å²) in [6.45, 7) is 10.2. The summed E-state index contributed by atoms with van der Waals surface area (Å²) in [6, 6.07) is 0. The van der Waals surface area contributed by atoms with Crippen LogP contribution >= 0.6 is 25.3 Å². The molecule has 1 unspecified atom stereocenters. The van der Waals surface area contributed by atoms with Crippen LogP contribution in [0.4, 0.5) is 0 Å². The van der Waals surface area contributed by atoms with E-state index in [4.69, 9.17) is 4.74 Å². The van der Waals surface area contributed by atoms with E-state index in [9.17, 15) is 0 Å². The first kappa shape index (κ1) is 18.4. The summed E-state index contributed by atoms with van der Waals surface area (Å²) in [4.78, 5) is 0. The predicted molar refractivity (Wildman–Crippen MR) is 99.3 cm³/mol. The first-order valence-electron chi connectivity index (χ1n) is 7.29. The van der Waals surface area contributed by atoms with Crippen LogP contribution in [-0.2, 0) is 4.74 Å². The van der Waals surface area contributed by atoms with Crippen LogP contribution in [0, 0.1) is 0 Å². The fraction of sp³-hybridized carbons (Fsp3) is 0.412. The highest BCUT2D eigenvalue weighted by molar-refractivity contribution is 9.11. The van der Waals surface area contributed by atoms with E-state index in [0.717, 1.165) is 29.8 Å². The van der Waals surface area contributed by atoms with Gasteiger partial charge in [-0.15, -0.1) is 0 Å². The zero-order valence-electron chi connectivity index (χ0n) is 12.6. The number of hydrogen-bond acceptors (Lipinski definition) is 2. The van der Waals surface area contributed by atoms with Gasteiger partial charge in [-0.3, -0.25) is 4.67 Å². The molecule has 1 rings (SSSR count). The van der Waals surface area contributed by atoms with Crippen molar-refractivity contribution < 1.29 is 4.74 Å². The van der Waals surface area contributed by atoms with Crippen LogP contribution in [0.3, 0.4) is 0 Å². The minimum Gasteiger partial charge on any atom is -0.488 e. The molecular formula is C17H25BrNOP. The smallest absolute Gasteiger partial charge is 0.133 e. The van der Waals surface area contributed by atoms with E-state index in [0.29, 0.717) is 6.61 Å². The third kappa shape index (κ3) is 7.80. The summed E-state index contributed by atoms with van der Waals surface area (Å²) in [5, 5.41) is 0. The molecule has 0 aliphatic carbocycles. The first-order chi connectivity index (χ1) is 10.2. The molecule has 0 saturated carbocycles. The van der Waals surface area contributed by atoms with E-state index in [1.807, 2.05) is 12.2 Å². The Morgan fingerprint density at radius 3 is 2.76 bits per heavy atom. The third-order valence-corrected chi connectivity index (χ3v) is 4.36. The molecule has 116 valence electrons. The van der Waals surface area contributed by atoms with Gasteiger partial charge in [0.25, 0.3) is 0 Å². The maximum Gasteiger partial charge on any atom is 0.133 e. The number of hydrogen-bond donors (Lipinski definition) is 0. The van der Waals surface area contributed by atoms with Crippen LogP contribution in [0.15, 0.2) is 59.4 Å². The van der Waals surface area contributed by atoms with Gasteiger partial charge in [0.1, 0.15) is 12.4 Å². The Bertz CT molecular complexity index is 440. The Hall–Kier alpha value is -0.630. The molecule has 0 aromatic heterocycles. The lowest BCUT2D eigenvalue weighted by Crippen LogP contribution is -2.12. The van der Waals surface area contributed by atoms with Crippen molar-refractivity contribution >= 4 is 25.3 Å². The van der Waals surface area contributed by atoms with Crippen molar-refractivity contribution in [2.45, 2.75) is 25.7 Å². The first-order valence-corrected chi connectivity index (χ1v) is 8.60. The van der Waals surface area contributed by atoms with Crippen LogP contribution < -0.4 is 0 Å². The minimum absolute atomic E-state index is 0.623. The van der Waals surface area contributed by atoms with Crippen LogP contribution in [0.25, 0.3) is 0 Å². The summed E-state index contributed by atoms with van der Waals surface area (Å²) < 4.78 is 9.10. The van der Waals surface area contributed by atoms with Gasteiger partial charge in [0.05, 0.1) is 4.48 Å². The Morgan fingerprint density at radius 2 is 2.05 bits per heavy atom. The van der Waals surface area contributed by atoms with Gasteiger partial charge < -0.3 is 4.74 Å². The monoisotopic (exact) mass is 369 g/mol. The number of allylic oxidation sites excluding steroid dienone is 5. The summed E-state index contributed by atoms with van der Waals surface area (Å²) >= 11 is 3.50. The molecule has 0 saturated heterocycles. The molecular weight excluding hydrogens is 345 g/mol. The minimum atomic E-state index is 0.623. The fourth-order valence-corrected chi connectivity index (χ4v) is 2.80. The predicted octanol–water partition coefficient (Wildman–Crippen LogP) is 5.13. The second-order valence-electron chi connectivity index (χ2n) is 4.97. The lowest BCUT2D eigenvalue weighted by Gasteiger charge is -2.14. The molecule has 0 aromatic rings. The van der Waals surface area contributed by atoms with E-state index in [2.05, 4.69) is 49.2 Å². The number of nitrogens with zero attached hydrogens (tertiary/aromatic N) is 1. The Morgan fingerprint density at radius 1 is 1.29 bits per heavy atom. The summed E-state index contributed by atoms with van der Waals surface area (Å²) in [7, 11) is 2.80. The van der Waals surface area contributed by atoms with Crippen molar-refractivity contribution in [1.29, 1.82) is 0 Å². The molecule has 21 heavy (non-hydrogen) atoms. The summed E-state index contributed by atoms with van der Waals surface area (Å²) in [5.74, 6) is 0.786. The topological polar surface area (TPSA) is 12.5 Å². The molecule has 1 aliphatic heterocycles. The third-order valence-electron chi connectivity index (χ3n) is 3.24. The second kappa shape index (κ2) is 11.0. The normalized spacial score (nSPS) is 21.5. The molecule has 0 radical (unpaired) electrons. The van der Waals surface area contributed by atoms with E-state index < -0.39 is 0 Å². The van der Waals surface area contributed by atoms with Gasteiger partial charge in [-0.05, 0) is 52.9 Å². The van der Waals surface area contributed by atoms with Crippen molar-refractivity contribution in [3.05, 3.63) is 59.4 Å². The van der Waals surface area contributed by atoms with E-state index in [1.54, 1.807) is 12.2 Å². The zero-order valence-corrected chi connectivity index (χ0v) is 15.3. The molecule has 0 spiro atoms. The number of ether oxygens (including phenoxy) is 1. The van der Waals surface area contributed by atoms with E-state index >= 15 is 0 Å². The van der Waals surface area contributed by atoms with Gasteiger partial charge >= 0.3 is 0 Å². The van der Waals surface area contributed by atoms with Crippen molar-refractivity contribution in [1.82, 2.24) is 4.67 Å². The van der Waals surface area contributed by atoms with Gasteiger partial charge in [-0.1, -0.05) is 47.2 Å². The van der Waals surface area contributed by atoms with Gasteiger partial charge in [0.2, 0.25) is 0 Å². The molecule has 0 bridgehead atoms. The Labute approximate surface area is 139 Å². The van der Waals surface area contributed by atoms with Gasteiger partial charge in [-0.2, -0.15) is 0 Å². The van der Waals surface area contributed by atoms with Gasteiger partial charge in [-0.25, -0.2) is 0 Å². The molecule has 1 atom stereocenters. The highest BCUT2D eigenvalue weighted by Crippen LogP contribution is 2.21. The van der Waals surface area contributed by atoms with Crippen LogP contribution in [-0.4, -0.2) is 24.4 Å². The molecule has 1 aliphatic rings. The number of rotatable bonds is 6. The molecule has 0 amide bonds.